The molecule has 0 aromatic rings. The van der Waals surface area contributed by atoms with Crippen molar-refractivity contribution in [3.05, 3.63) is 0 Å². The van der Waals surface area contributed by atoms with E-state index in [2.05, 4.69) is 0 Å². The molecule has 15 heavy (non-hydrogen) atoms. The Balaban J connectivity index is 1.72. The average molecular weight is 210 g/mol. The van der Waals surface area contributed by atoms with Crippen molar-refractivity contribution in [2.24, 2.45) is 11.3 Å². The molecule has 3 aliphatic heterocycles. The van der Waals surface area contributed by atoms with Gasteiger partial charge in [0, 0.05) is 13.2 Å². The summed E-state index contributed by atoms with van der Waals surface area (Å²) in [5.41, 5.74) is -0.165. The summed E-state index contributed by atoms with van der Waals surface area (Å²) in [5.74, 6) is 0.582. The zero-order chi connectivity index (χ0) is 10.3. The standard InChI is InChI=1S/C12H18O3/c13-8-12(5-9-3-4-14-7-9)6-10-1-2-11(12)15-10/h8-11H,1-7H2. The molecule has 0 radical (unpaired) electrons. The van der Waals surface area contributed by atoms with Gasteiger partial charge in [-0.25, -0.2) is 0 Å². The largest absolute Gasteiger partial charge is 0.381 e. The zero-order valence-electron chi connectivity index (χ0n) is 8.98. The second-order valence-corrected chi connectivity index (χ2v) is 5.31. The van der Waals surface area contributed by atoms with E-state index in [4.69, 9.17) is 9.47 Å². The summed E-state index contributed by atoms with van der Waals surface area (Å²) in [6.07, 6.45) is 7.04. The summed E-state index contributed by atoms with van der Waals surface area (Å²) in [4.78, 5) is 11.4. The molecule has 0 aromatic carbocycles. The summed E-state index contributed by atoms with van der Waals surface area (Å²) in [6.45, 7) is 1.71. The lowest BCUT2D eigenvalue weighted by molar-refractivity contribution is -0.120. The van der Waals surface area contributed by atoms with Gasteiger partial charge in [0.2, 0.25) is 0 Å². The van der Waals surface area contributed by atoms with Crippen molar-refractivity contribution in [2.45, 2.75) is 44.3 Å². The molecule has 2 bridgehead atoms. The molecule has 0 amide bonds. The van der Waals surface area contributed by atoms with Gasteiger partial charge in [0.1, 0.15) is 6.29 Å². The Morgan fingerprint density at radius 2 is 2.27 bits per heavy atom. The third kappa shape index (κ3) is 1.53. The smallest absolute Gasteiger partial charge is 0.128 e. The van der Waals surface area contributed by atoms with E-state index in [9.17, 15) is 4.79 Å². The second-order valence-electron chi connectivity index (χ2n) is 5.31. The lowest BCUT2D eigenvalue weighted by atomic mass is 9.70. The fourth-order valence-electron chi connectivity index (χ4n) is 3.50. The van der Waals surface area contributed by atoms with Crippen molar-refractivity contribution in [1.82, 2.24) is 0 Å². The van der Waals surface area contributed by atoms with Gasteiger partial charge in [0.15, 0.2) is 0 Å². The maximum Gasteiger partial charge on any atom is 0.128 e. The summed E-state index contributed by atoms with van der Waals surface area (Å²) in [5, 5.41) is 0. The SMILES string of the molecule is O=CC1(CC2CCOC2)CC2CCC1O2. The van der Waals surface area contributed by atoms with Gasteiger partial charge in [0.05, 0.1) is 17.6 Å². The molecule has 84 valence electrons. The zero-order valence-corrected chi connectivity index (χ0v) is 8.98. The van der Waals surface area contributed by atoms with Gasteiger partial charge in [-0.15, -0.1) is 0 Å². The van der Waals surface area contributed by atoms with Crippen molar-refractivity contribution in [1.29, 1.82) is 0 Å². The van der Waals surface area contributed by atoms with E-state index in [1.807, 2.05) is 0 Å². The fraction of sp³-hybridized carbons (Fsp3) is 0.917. The van der Waals surface area contributed by atoms with Gasteiger partial charge in [0.25, 0.3) is 0 Å². The maximum absolute atomic E-state index is 11.4. The number of hydrogen-bond acceptors (Lipinski definition) is 3. The number of ether oxygens (including phenoxy) is 2. The maximum atomic E-state index is 11.4. The monoisotopic (exact) mass is 210 g/mol. The first-order valence-corrected chi connectivity index (χ1v) is 6.02. The minimum Gasteiger partial charge on any atom is -0.381 e. The normalized spacial score (nSPS) is 48.7. The second kappa shape index (κ2) is 3.56. The summed E-state index contributed by atoms with van der Waals surface area (Å²) < 4.78 is 11.2. The number of rotatable bonds is 3. The van der Waals surface area contributed by atoms with Crippen LogP contribution >= 0.6 is 0 Å². The highest BCUT2D eigenvalue weighted by atomic mass is 16.5. The van der Waals surface area contributed by atoms with Gasteiger partial charge in [-0.05, 0) is 38.0 Å². The molecular formula is C12H18O3. The molecular weight excluding hydrogens is 192 g/mol. The molecule has 3 heteroatoms. The molecule has 0 spiro atoms. The minimum absolute atomic E-state index is 0.165. The third-order valence-corrected chi connectivity index (χ3v) is 4.28. The van der Waals surface area contributed by atoms with Crippen molar-refractivity contribution < 1.29 is 14.3 Å². The van der Waals surface area contributed by atoms with Crippen LogP contribution in [0.15, 0.2) is 0 Å². The minimum atomic E-state index is -0.165. The molecule has 4 unspecified atom stereocenters. The number of carbonyl (C=O) groups is 1. The van der Waals surface area contributed by atoms with E-state index in [-0.39, 0.29) is 11.5 Å². The van der Waals surface area contributed by atoms with Crippen molar-refractivity contribution >= 4 is 6.29 Å². The first-order valence-electron chi connectivity index (χ1n) is 6.02. The Hall–Kier alpha value is -0.410. The van der Waals surface area contributed by atoms with E-state index in [0.29, 0.717) is 12.0 Å². The quantitative estimate of drug-likeness (QED) is 0.663. The Bertz CT molecular complexity index is 260. The van der Waals surface area contributed by atoms with Crippen LogP contribution in [0.3, 0.4) is 0 Å². The molecule has 3 aliphatic rings. The van der Waals surface area contributed by atoms with Crippen LogP contribution in [0.5, 0.6) is 0 Å². The Morgan fingerprint density at radius 3 is 2.80 bits per heavy atom. The van der Waals surface area contributed by atoms with Gasteiger partial charge >= 0.3 is 0 Å². The van der Waals surface area contributed by atoms with Crippen LogP contribution in [0.1, 0.15) is 32.1 Å². The summed E-state index contributed by atoms with van der Waals surface area (Å²) >= 11 is 0. The number of aldehydes is 1. The number of carbonyl (C=O) groups excluding carboxylic acids is 1. The van der Waals surface area contributed by atoms with Crippen LogP contribution in [-0.2, 0) is 14.3 Å². The molecule has 3 fully saturated rings. The van der Waals surface area contributed by atoms with Gasteiger partial charge < -0.3 is 14.3 Å². The molecule has 3 nitrogen and oxygen atoms in total. The molecule has 4 atom stereocenters. The van der Waals surface area contributed by atoms with Gasteiger partial charge in [-0.2, -0.15) is 0 Å². The van der Waals surface area contributed by atoms with Crippen LogP contribution in [0.4, 0.5) is 0 Å². The predicted molar refractivity (Wildman–Crippen MR) is 54.6 cm³/mol. The Labute approximate surface area is 90.1 Å². The predicted octanol–water partition coefficient (Wildman–Crippen LogP) is 1.55. The van der Waals surface area contributed by atoms with Crippen molar-refractivity contribution in [3.8, 4) is 0 Å². The highest BCUT2D eigenvalue weighted by Gasteiger charge is 2.53. The first-order chi connectivity index (χ1) is 7.32. The average Bonchev–Trinajstić information content (AvgIpc) is 2.93. The van der Waals surface area contributed by atoms with E-state index >= 15 is 0 Å². The highest BCUT2D eigenvalue weighted by molar-refractivity contribution is 5.62. The molecule has 3 rings (SSSR count). The molecule has 3 saturated heterocycles. The van der Waals surface area contributed by atoms with E-state index in [0.717, 1.165) is 45.3 Å². The van der Waals surface area contributed by atoms with Crippen LogP contribution in [0.25, 0.3) is 0 Å². The van der Waals surface area contributed by atoms with Crippen LogP contribution in [0.2, 0.25) is 0 Å². The Kier molecular flexibility index (Phi) is 2.33. The van der Waals surface area contributed by atoms with Crippen molar-refractivity contribution in [2.75, 3.05) is 13.2 Å². The van der Waals surface area contributed by atoms with Gasteiger partial charge in [-0.3, -0.25) is 0 Å². The first kappa shape index (κ1) is 9.79. The summed E-state index contributed by atoms with van der Waals surface area (Å²) in [7, 11) is 0. The van der Waals surface area contributed by atoms with E-state index < -0.39 is 0 Å². The summed E-state index contributed by atoms with van der Waals surface area (Å²) in [6, 6.07) is 0. The Morgan fingerprint density at radius 1 is 1.33 bits per heavy atom. The fourth-order valence-corrected chi connectivity index (χ4v) is 3.50. The van der Waals surface area contributed by atoms with Crippen LogP contribution in [0, 0.1) is 11.3 Å². The van der Waals surface area contributed by atoms with Crippen LogP contribution < -0.4 is 0 Å². The lowest BCUT2D eigenvalue weighted by Crippen LogP contribution is -2.36. The molecule has 0 aromatic heterocycles. The molecule has 0 saturated carbocycles. The number of fused-ring (bicyclic) bond motifs is 2. The lowest BCUT2D eigenvalue weighted by Gasteiger charge is -2.31. The van der Waals surface area contributed by atoms with Crippen molar-refractivity contribution in [3.63, 3.8) is 0 Å². The van der Waals surface area contributed by atoms with E-state index in [1.165, 1.54) is 6.29 Å². The number of hydrogen-bond donors (Lipinski definition) is 0. The molecule has 0 N–H and O–H groups in total. The third-order valence-electron chi connectivity index (χ3n) is 4.28. The van der Waals surface area contributed by atoms with E-state index in [1.54, 1.807) is 0 Å². The topological polar surface area (TPSA) is 35.5 Å². The van der Waals surface area contributed by atoms with Crippen LogP contribution in [-0.4, -0.2) is 31.7 Å². The molecule has 3 heterocycles. The highest BCUT2D eigenvalue weighted by Crippen LogP contribution is 2.50. The molecule has 0 aliphatic carbocycles. The van der Waals surface area contributed by atoms with Gasteiger partial charge in [-0.1, -0.05) is 0 Å².